The fraction of sp³-hybridized carbons (Fsp3) is 0.111. The first-order valence-electron chi connectivity index (χ1n) is 7.16. The van der Waals surface area contributed by atoms with E-state index in [4.69, 9.17) is 4.42 Å². The van der Waals surface area contributed by atoms with Crippen LogP contribution in [-0.4, -0.2) is 17.1 Å². The third-order valence-electron chi connectivity index (χ3n) is 3.39. The van der Waals surface area contributed by atoms with Crippen molar-refractivity contribution in [2.24, 2.45) is 0 Å². The Balaban J connectivity index is 1.68. The van der Waals surface area contributed by atoms with E-state index in [1.54, 1.807) is 30.4 Å². The molecule has 3 aromatic rings. The minimum Gasteiger partial charge on any atom is -0.464 e. The zero-order chi connectivity index (χ0) is 16.1. The number of furan rings is 1. The fourth-order valence-electron chi connectivity index (χ4n) is 2.21. The van der Waals surface area contributed by atoms with Crippen LogP contribution in [0.2, 0.25) is 0 Å². The van der Waals surface area contributed by atoms with Gasteiger partial charge in [0.1, 0.15) is 5.76 Å². The predicted octanol–water partition coefficient (Wildman–Crippen LogP) is 3.99. The summed E-state index contributed by atoms with van der Waals surface area (Å²) in [5.74, 6) is 0.669. The first-order chi connectivity index (χ1) is 11.3. The molecule has 0 radical (unpaired) electrons. The summed E-state index contributed by atoms with van der Waals surface area (Å²) in [4.78, 5) is 17.5. The number of amides is 1. The van der Waals surface area contributed by atoms with Gasteiger partial charge in [-0.15, -0.1) is 11.8 Å². The topological polar surface area (TPSA) is 55.1 Å². The molecule has 0 fully saturated rings. The molecule has 1 aromatic carbocycles. The van der Waals surface area contributed by atoms with E-state index in [0.717, 1.165) is 21.8 Å². The van der Waals surface area contributed by atoms with Crippen molar-refractivity contribution >= 4 is 17.7 Å². The van der Waals surface area contributed by atoms with Crippen molar-refractivity contribution in [3.63, 3.8) is 0 Å². The van der Waals surface area contributed by atoms with Crippen LogP contribution < -0.4 is 5.32 Å². The van der Waals surface area contributed by atoms with Gasteiger partial charge in [0, 0.05) is 35.0 Å². The Morgan fingerprint density at radius 1 is 1.22 bits per heavy atom. The Bertz CT molecular complexity index is 800. The number of rotatable bonds is 5. The summed E-state index contributed by atoms with van der Waals surface area (Å²) >= 11 is 1.61. The van der Waals surface area contributed by atoms with Gasteiger partial charge >= 0.3 is 0 Å². The van der Waals surface area contributed by atoms with Crippen LogP contribution in [0.25, 0.3) is 11.3 Å². The van der Waals surface area contributed by atoms with Gasteiger partial charge in [-0.1, -0.05) is 6.07 Å². The Labute approximate surface area is 138 Å². The van der Waals surface area contributed by atoms with Gasteiger partial charge < -0.3 is 9.73 Å². The smallest absolute Gasteiger partial charge is 0.251 e. The Morgan fingerprint density at radius 2 is 2.13 bits per heavy atom. The Hall–Kier alpha value is -2.53. The number of thioether (sulfide) groups is 1. The van der Waals surface area contributed by atoms with E-state index in [0.29, 0.717) is 12.1 Å². The minimum absolute atomic E-state index is 0.0932. The lowest BCUT2D eigenvalue weighted by molar-refractivity contribution is 0.0950. The number of carbonyl (C=O) groups is 1. The molecule has 0 atom stereocenters. The second-order valence-electron chi connectivity index (χ2n) is 4.97. The van der Waals surface area contributed by atoms with Crippen LogP contribution in [0.5, 0.6) is 0 Å². The number of hydrogen-bond donors (Lipinski definition) is 1. The summed E-state index contributed by atoms with van der Waals surface area (Å²) in [6.45, 7) is 0.421. The quantitative estimate of drug-likeness (QED) is 0.721. The van der Waals surface area contributed by atoms with Gasteiger partial charge in [-0.2, -0.15) is 0 Å². The van der Waals surface area contributed by atoms with Crippen molar-refractivity contribution in [2.45, 2.75) is 11.4 Å². The second kappa shape index (κ2) is 7.15. The van der Waals surface area contributed by atoms with Gasteiger partial charge in [-0.05, 0) is 48.2 Å². The standard InChI is InChI=1S/C18H16N2O2S/c1-23-16-5-2-4-14(9-16)18(21)20-11-13-8-15(12-19-10-13)17-6-3-7-22-17/h2-10,12H,11H2,1H3,(H,20,21). The Morgan fingerprint density at radius 3 is 2.91 bits per heavy atom. The minimum atomic E-state index is -0.0932. The van der Waals surface area contributed by atoms with Crippen molar-refractivity contribution in [2.75, 3.05) is 6.26 Å². The molecule has 0 saturated heterocycles. The highest BCUT2D eigenvalue weighted by atomic mass is 32.2. The van der Waals surface area contributed by atoms with Crippen molar-refractivity contribution in [1.29, 1.82) is 0 Å². The first-order valence-corrected chi connectivity index (χ1v) is 8.39. The van der Waals surface area contributed by atoms with Gasteiger partial charge in [0.15, 0.2) is 0 Å². The molecule has 0 unspecified atom stereocenters. The number of pyridine rings is 1. The number of carbonyl (C=O) groups excluding carboxylic acids is 1. The molecule has 23 heavy (non-hydrogen) atoms. The Kier molecular flexibility index (Phi) is 4.78. The highest BCUT2D eigenvalue weighted by Crippen LogP contribution is 2.20. The molecule has 4 nitrogen and oxygen atoms in total. The molecule has 0 aliphatic rings. The van der Waals surface area contributed by atoms with Crippen LogP contribution in [0, 0.1) is 0 Å². The lowest BCUT2D eigenvalue weighted by Crippen LogP contribution is -2.22. The molecule has 0 aliphatic heterocycles. The monoisotopic (exact) mass is 324 g/mol. The zero-order valence-electron chi connectivity index (χ0n) is 12.7. The summed E-state index contributed by atoms with van der Waals surface area (Å²) in [7, 11) is 0. The van der Waals surface area contributed by atoms with Crippen LogP contribution in [0.3, 0.4) is 0 Å². The van der Waals surface area contributed by atoms with Gasteiger partial charge in [0.25, 0.3) is 5.91 Å². The van der Waals surface area contributed by atoms with Gasteiger partial charge in [-0.25, -0.2) is 0 Å². The van der Waals surface area contributed by atoms with Crippen molar-refractivity contribution in [3.05, 3.63) is 72.2 Å². The zero-order valence-corrected chi connectivity index (χ0v) is 13.5. The molecular weight excluding hydrogens is 308 g/mol. The number of nitrogens with zero attached hydrogens (tertiary/aromatic N) is 1. The fourth-order valence-corrected chi connectivity index (χ4v) is 2.67. The molecule has 1 amide bonds. The maximum absolute atomic E-state index is 12.2. The number of nitrogens with one attached hydrogen (secondary N) is 1. The number of hydrogen-bond acceptors (Lipinski definition) is 4. The maximum atomic E-state index is 12.2. The van der Waals surface area contributed by atoms with Crippen molar-refractivity contribution in [1.82, 2.24) is 10.3 Å². The molecule has 116 valence electrons. The van der Waals surface area contributed by atoms with E-state index in [1.807, 2.05) is 48.7 Å². The van der Waals surface area contributed by atoms with Crippen molar-refractivity contribution < 1.29 is 9.21 Å². The molecule has 0 bridgehead atoms. The van der Waals surface area contributed by atoms with E-state index in [9.17, 15) is 4.79 Å². The van der Waals surface area contributed by atoms with E-state index in [-0.39, 0.29) is 5.91 Å². The molecular formula is C18H16N2O2S. The van der Waals surface area contributed by atoms with Crippen LogP contribution in [0.4, 0.5) is 0 Å². The number of aromatic nitrogens is 1. The lowest BCUT2D eigenvalue weighted by Gasteiger charge is -2.07. The number of benzene rings is 1. The average molecular weight is 324 g/mol. The van der Waals surface area contributed by atoms with Crippen molar-refractivity contribution in [3.8, 4) is 11.3 Å². The highest BCUT2D eigenvalue weighted by molar-refractivity contribution is 7.98. The molecule has 2 heterocycles. The predicted molar refractivity (Wildman–Crippen MR) is 91.3 cm³/mol. The maximum Gasteiger partial charge on any atom is 0.251 e. The summed E-state index contributed by atoms with van der Waals surface area (Å²) < 4.78 is 5.37. The summed E-state index contributed by atoms with van der Waals surface area (Å²) in [6.07, 6.45) is 7.10. The first kappa shape index (κ1) is 15.4. The molecule has 3 rings (SSSR count). The van der Waals surface area contributed by atoms with Gasteiger partial charge in [0.05, 0.1) is 6.26 Å². The van der Waals surface area contributed by atoms with Crippen LogP contribution in [-0.2, 0) is 6.54 Å². The SMILES string of the molecule is CSc1cccc(C(=O)NCc2cncc(-c3ccco3)c2)c1. The summed E-state index contributed by atoms with van der Waals surface area (Å²) in [5, 5.41) is 2.92. The van der Waals surface area contributed by atoms with E-state index in [1.165, 1.54) is 0 Å². The molecule has 1 N–H and O–H groups in total. The highest BCUT2D eigenvalue weighted by Gasteiger charge is 2.07. The normalized spacial score (nSPS) is 10.5. The summed E-state index contributed by atoms with van der Waals surface area (Å²) in [6, 6.07) is 13.3. The molecule has 0 spiro atoms. The van der Waals surface area contributed by atoms with Crippen LogP contribution >= 0.6 is 11.8 Å². The lowest BCUT2D eigenvalue weighted by atomic mass is 10.1. The molecule has 5 heteroatoms. The summed E-state index contributed by atoms with van der Waals surface area (Å²) in [5.41, 5.74) is 2.48. The third-order valence-corrected chi connectivity index (χ3v) is 4.11. The largest absolute Gasteiger partial charge is 0.464 e. The van der Waals surface area contributed by atoms with E-state index >= 15 is 0 Å². The van der Waals surface area contributed by atoms with Gasteiger partial charge in [-0.3, -0.25) is 9.78 Å². The average Bonchev–Trinajstić information content (AvgIpc) is 3.14. The third kappa shape index (κ3) is 3.81. The van der Waals surface area contributed by atoms with Crippen LogP contribution in [0.15, 0.2) is 70.4 Å². The molecule has 0 aliphatic carbocycles. The molecule has 2 aromatic heterocycles. The van der Waals surface area contributed by atoms with Crippen LogP contribution in [0.1, 0.15) is 15.9 Å². The van der Waals surface area contributed by atoms with Gasteiger partial charge in [0.2, 0.25) is 0 Å². The van der Waals surface area contributed by atoms with E-state index < -0.39 is 0 Å². The molecule has 0 saturated carbocycles. The van der Waals surface area contributed by atoms with E-state index in [2.05, 4.69) is 10.3 Å². The second-order valence-corrected chi connectivity index (χ2v) is 5.85.